The molecule has 43 heavy (non-hydrogen) atoms. The van der Waals surface area contributed by atoms with Gasteiger partial charge in [0.1, 0.15) is 11.2 Å². The third-order valence-corrected chi connectivity index (χ3v) is 8.95. The monoisotopic (exact) mass is 631 g/mol. The summed E-state index contributed by atoms with van der Waals surface area (Å²) in [5, 5.41) is 15.8. The quantitative estimate of drug-likeness (QED) is 0.177. The Kier molecular flexibility index (Phi) is 7.91. The van der Waals surface area contributed by atoms with Crippen LogP contribution in [0.5, 0.6) is 5.75 Å². The lowest BCUT2D eigenvalue weighted by molar-refractivity contribution is -0.122. The Morgan fingerprint density at radius 1 is 1.14 bits per heavy atom. The molecule has 226 valence electrons. The summed E-state index contributed by atoms with van der Waals surface area (Å²) in [5.74, 6) is -4.68. The summed E-state index contributed by atoms with van der Waals surface area (Å²) in [6.45, 7) is 2.65. The van der Waals surface area contributed by atoms with E-state index in [4.69, 9.17) is 33.7 Å². The number of carboxylic acid groups (broad SMARTS) is 1. The van der Waals surface area contributed by atoms with Crippen molar-refractivity contribution in [3.63, 3.8) is 0 Å². The van der Waals surface area contributed by atoms with E-state index < -0.39 is 59.0 Å². The van der Waals surface area contributed by atoms with Gasteiger partial charge in [-0.25, -0.2) is 9.18 Å². The van der Waals surface area contributed by atoms with Crippen LogP contribution in [0.15, 0.2) is 48.5 Å². The minimum absolute atomic E-state index is 0.00838. The van der Waals surface area contributed by atoms with Crippen molar-refractivity contribution < 1.29 is 33.0 Å². The lowest BCUT2D eigenvalue weighted by Crippen LogP contribution is -2.50. The van der Waals surface area contributed by atoms with E-state index in [-0.39, 0.29) is 39.6 Å². The first-order chi connectivity index (χ1) is 20.3. The molecule has 3 aromatic rings. The van der Waals surface area contributed by atoms with Gasteiger partial charge in [-0.05, 0) is 53.3 Å². The highest BCUT2D eigenvalue weighted by Gasteiger charge is 2.66. The summed E-state index contributed by atoms with van der Waals surface area (Å²) < 4.78 is 35.7. The number of halogens is 4. The normalized spacial score (nSPS) is 22.9. The number of aromatic carboxylic acids is 1. The molecule has 0 aromatic heterocycles. The minimum atomic E-state index is -1.61. The van der Waals surface area contributed by atoms with Gasteiger partial charge in [0.2, 0.25) is 5.91 Å². The molecule has 4 atom stereocenters. The van der Waals surface area contributed by atoms with Crippen LogP contribution in [0.1, 0.15) is 58.0 Å². The first kappa shape index (κ1) is 30.7. The van der Waals surface area contributed by atoms with Crippen molar-refractivity contribution in [2.45, 2.75) is 43.7 Å². The number of nitrogen functional groups attached to an aromatic ring is 1. The topological polar surface area (TPSA) is 131 Å². The van der Waals surface area contributed by atoms with E-state index in [0.29, 0.717) is 16.3 Å². The number of hydrogen-bond donors (Lipinski definition) is 4. The second-order valence-electron chi connectivity index (χ2n) is 11.6. The molecule has 0 radical (unpaired) electrons. The van der Waals surface area contributed by atoms with E-state index >= 15 is 4.39 Å². The molecule has 8 nitrogen and oxygen atoms in total. The largest absolute Gasteiger partial charge is 0.494 e. The van der Waals surface area contributed by atoms with Crippen LogP contribution in [0.25, 0.3) is 0 Å². The van der Waals surface area contributed by atoms with Crippen LogP contribution in [-0.4, -0.2) is 48.6 Å². The van der Waals surface area contributed by atoms with Gasteiger partial charge < -0.3 is 26.2 Å². The Balaban J connectivity index is 1.81. The van der Waals surface area contributed by atoms with Crippen LogP contribution >= 0.6 is 23.2 Å². The molecule has 2 aliphatic rings. The zero-order chi connectivity index (χ0) is 31.4. The number of fused-ring (bicyclic) bond motifs is 2. The number of amides is 1. The molecule has 0 aliphatic carbocycles. The van der Waals surface area contributed by atoms with Crippen molar-refractivity contribution in [1.82, 2.24) is 5.32 Å². The van der Waals surface area contributed by atoms with Gasteiger partial charge in [0.25, 0.3) is 0 Å². The number of anilines is 2. The molecule has 2 aliphatic heterocycles. The van der Waals surface area contributed by atoms with Crippen LogP contribution in [-0.2, 0) is 10.2 Å². The standard InChI is InChI=1S/C31H29Cl2F2N3O5/c1-30(2,13-34)12-21-31(18-10-7-14(32)11-20(18)37-29(31)42)22(15-5-4-6-19(33)23(15)35)25(38-21)26(39)17-9-8-16(28(40)41)24(36)27(17)43-3/h4-11,21-22,25,38H,12-13,36H2,1-3H3,(H,37,42)(H,40,41)/t21-,22-,25+,31+/m0/s1. The van der Waals surface area contributed by atoms with Crippen molar-refractivity contribution in [2.75, 3.05) is 24.8 Å². The molecule has 3 aromatic carbocycles. The highest BCUT2D eigenvalue weighted by molar-refractivity contribution is 6.31. The Morgan fingerprint density at radius 3 is 2.49 bits per heavy atom. The number of ketones is 1. The number of Topliss-reactive ketones (excluding diaryl/α,β-unsaturated/α-hetero) is 1. The SMILES string of the molecule is COc1c(C(=O)[C@@H]2N[C@@H](CC(C)(C)CF)[C@@]3(C(=O)Nc4cc(Cl)ccc43)[C@H]2c2cccc(Cl)c2F)ccc(C(=O)O)c1N. The molecule has 12 heteroatoms. The summed E-state index contributed by atoms with van der Waals surface area (Å²) in [6, 6.07) is 9.41. The lowest BCUT2D eigenvalue weighted by atomic mass is 9.62. The maximum absolute atomic E-state index is 16.0. The highest BCUT2D eigenvalue weighted by atomic mass is 35.5. The maximum Gasteiger partial charge on any atom is 0.337 e. The van der Waals surface area contributed by atoms with Crippen molar-refractivity contribution in [2.24, 2.45) is 5.41 Å². The van der Waals surface area contributed by atoms with Crippen LogP contribution in [0.2, 0.25) is 10.0 Å². The zero-order valence-electron chi connectivity index (χ0n) is 23.4. The number of nitrogens with one attached hydrogen (secondary N) is 2. The third kappa shape index (κ3) is 4.81. The van der Waals surface area contributed by atoms with Crippen molar-refractivity contribution in [1.29, 1.82) is 0 Å². The lowest BCUT2D eigenvalue weighted by Gasteiger charge is -2.38. The minimum Gasteiger partial charge on any atom is -0.494 e. The van der Waals surface area contributed by atoms with Gasteiger partial charge in [0.05, 0.1) is 41.7 Å². The zero-order valence-corrected chi connectivity index (χ0v) is 24.9. The fourth-order valence-corrected chi connectivity index (χ4v) is 6.87. The first-order valence-electron chi connectivity index (χ1n) is 13.4. The number of hydrogen-bond acceptors (Lipinski definition) is 6. The number of carbonyl (C=O) groups is 3. The van der Waals surface area contributed by atoms with Crippen molar-refractivity contribution in [3.05, 3.63) is 86.6 Å². The molecule has 1 amide bonds. The molecule has 1 saturated heterocycles. The predicted molar refractivity (Wildman–Crippen MR) is 160 cm³/mol. The molecule has 0 bridgehead atoms. The molecular formula is C31H29Cl2F2N3O5. The molecule has 5 rings (SSSR count). The van der Waals surface area contributed by atoms with Gasteiger partial charge >= 0.3 is 5.97 Å². The van der Waals surface area contributed by atoms with Crippen LogP contribution in [0.4, 0.5) is 20.2 Å². The predicted octanol–water partition coefficient (Wildman–Crippen LogP) is 6.00. The molecule has 5 N–H and O–H groups in total. The second kappa shape index (κ2) is 11.1. The number of methoxy groups -OCH3 is 1. The summed E-state index contributed by atoms with van der Waals surface area (Å²) in [5.41, 5.74) is 3.75. The van der Waals surface area contributed by atoms with Gasteiger partial charge in [0, 0.05) is 22.7 Å². The van der Waals surface area contributed by atoms with Gasteiger partial charge in [-0.15, -0.1) is 0 Å². The fourth-order valence-electron chi connectivity index (χ4n) is 6.51. The number of carboxylic acids is 1. The Bertz CT molecular complexity index is 1670. The number of ether oxygens (including phenoxy) is 1. The molecule has 0 unspecified atom stereocenters. The van der Waals surface area contributed by atoms with Crippen LogP contribution in [0, 0.1) is 11.2 Å². The molecule has 1 fully saturated rings. The fraction of sp³-hybridized carbons (Fsp3) is 0.323. The second-order valence-corrected chi connectivity index (χ2v) is 12.5. The van der Waals surface area contributed by atoms with E-state index in [0.717, 1.165) is 0 Å². The number of benzene rings is 3. The van der Waals surface area contributed by atoms with Crippen molar-refractivity contribution in [3.8, 4) is 5.75 Å². The Labute approximate surface area is 256 Å². The number of rotatable bonds is 8. The Morgan fingerprint density at radius 2 is 1.84 bits per heavy atom. The molecule has 2 heterocycles. The average molecular weight is 632 g/mol. The highest BCUT2D eigenvalue weighted by Crippen LogP contribution is 2.57. The van der Waals surface area contributed by atoms with Crippen LogP contribution < -0.4 is 21.1 Å². The molecule has 0 saturated carbocycles. The summed E-state index contributed by atoms with van der Waals surface area (Å²) in [7, 11) is 1.24. The van der Waals surface area contributed by atoms with Crippen molar-refractivity contribution >= 4 is 52.2 Å². The van der Waals surface area contributed by atoms with E-state index in [1.165, 1.54) is 37.4 Å². The average Bonchev–Trinajstić information content (AvgIpc) is 3.43. The third-order valence-electron chi connectivity index (χ3n) is 8.42. The van der Waals surface area contributed by atoms with E-state index in [9.17, 15) is 23.9 Å². The van der Waals surface area contributed by atoms with E-state index in [2.05, 4.69) is 10.6 Å². The van der Waals surface area contributed by atoms with Gasteiger partial charge in [0.15, 0.2) is 11.5 Å². The van der Waals surface area contributed by atoms with E-state index in [1.807, 2.05) is 0 Å². The van der Waals surface area contributed by atoms with Crippen LogP contribution in [0.3, 0.4) is 0 Å². The summed E-state index contributed by atoms with van der Waals surface area (Å²) >= 11 is 12.5. The number of nitrogens with two attached hydrogens (primary N) is 1. The summed E-state index contributed by atoms with van der Waals surface area (Å²) in [6.07, 6.45) is 0.0820. The number of carbonyl (C=O) groups excluding carboxylic acids is 2. The molecular weight excluding hydrogens is 603 g/mol. The first-order valence-corrected chi connectivity index (χ1v) is 14.2. The van der Waals surface area contributed by atoms with Gasteiger partial charge in [-0.1, -0.05) is 55.2 Å². The number of alkyl halides is 1. The Hall–Kier alpha value is -3.73. The smallest absolute Gasteiger partial charge is 0.337 e. The van der Waals surface area contributed by atoms with Gasteiger partial charge in [-0.3, -0.25) is 14.0 Å². The maximum atomic E-state index is 16.0. The van der Waals surface area contributed by atoms with Gasteiger partial charge in [-0.2, -0.15) is 0 Å². The van der Waals surface area contributed by atoms with E-state index in [1.54, 1.807) is 32.0 Å². The summed E-state index contributed by atoms with van der Waals surface area (Å²) in [4.78, 5) is 40.5. The molecule has 1 spiro atoms.